The Labute approximate surface area is 128 Å². The third kappa shape index (κ3) is 3.67. The minimum absolute atomic E-state index is 0.0380. The Balaban J connectivity index is 2.12. The van der Waals surface area contributed by atoms with Gasteiger partial charge in [0, 0.05) is 19.1 Å². The molecule has 2 unspecified atom stereocenters. The van der Waals surface area contributed by atoms with E-state index in [0.29, 0.717) is 0 Å². The molecule has 1 heterocycles. The maximum Gasteiger partial charge on any atom is 0.0642 e. The molecule has 1 saturated heterocycles. The van der Waals surface area contributed by atoms with Gasteiger partial charge in [-0.3, -0.25) is 0 Å². The second-order valence-electron chi connectivity index (χ2n) is 6.42. The van der Waals surface area contributed by atoms with Crippen molar-refractivity contribution in [3.05, 3.63) is 28.8 Å². The summed E-state index contributed by atoms with van der Waals surface area (Å²) < 4.78 is 0. The highest BCUT2D eigenvalue weighted by Gasteiger charge is 2.21. The van der Waals surface area contributed by atoms with Gasteiger partial charge >= 0.3 is 0 Å². The maximum atomic E-state index is 6.46. The zero-order valence-corrected chi connectivity index (χ0v) is 13.7. The Morgan fingerprint density at radius 2 is 1.95 bits per heavy atom. The summed E-state index contributed by atoms with van der Waals surface area (Å²) in [6.07, 6.45) is 3.86. The lowest BCUT2D eigenvalue weighted by Gasteiger charge is -2.25. The van der Waals surface area contributed by atoms with Crippen molar-refractivity contribution in [1.29, 1.82) is 0 Å². The summed E-state index contributed by atoms with van der Waals surface area (Å²) in [6, 6.07) is 6.30. The summed E-state index contributed by atoms with van der Waals surface area (Å²) in [7, 11) is 0. The summed E-state index contributed by atoms with van der Waals surface area (Å²) in [6.45, 7) is 8.89. The van der Waals surface area contributed by atoms with Crippen LogP contribution in [0.2, 0.25) is 5.02 Å². The third-order valence-electron chi connectivity index (χ3n) is 4.55. The van der Waals surface area contributed by atoms with E-state index in [0.717, 1.165) is 35.5 Å². The highest BCUT2D eigenvalue weighted by atomic mass is 35.5. The fourth-order valence-electron chi connectivity index (χ4n) is 3.09. The molecule has 0 aliphatic carbocycles. The lowest BCUT2D eigenvalue weighted by atomic mass is 9.89. The van der Waals surface area contributed by atoms with Crippen LogP contribution in [0.4, 0.5) is 5.69 Å². The van der Waals surface area contributed by atoms with E-state index in [9.17, 15) is 0 Å². The molecule has 1 aromatic rings. The van der Waals surface area contributed by atoms with Crippen LogP contribution in [0, 0.1) is 11.8 Å². The van der Waals surface area contributed by atoms with Crippen molar-refractivity contribution in [3.8, 4) is 0 Å². The molecule has 112 valence electrons. The van der Waals surface area contributed by atoms with Gasteiger partial charge in [-0.05, 0) is 55.7 Å². The van der Waals surface area contributed by atoms with Crippen molar-refractivity contribution in [2.45, 2.75) is 46.1 Å². The predicted octanol–water partition coefficient (Wildman–Crippen LogP) is 4.62. The quantitative estimate of drug-likeness (QED) is 0.881. The van der Waals surface area contributed by atoms with Crippen molar-refractivity contribution in [3.63, 3.8) is 0 Å². The first-order valence-electron chi connectivity index (χ1n) is 7.79. The number of halogens is 1. The van der Waals surface area contributed by atoms with E-state index in [1.807, 2.05) is 13.0 Å². The Hall–Kier alpha value is -0.730. The van der Waals surface area contributed by atoms with E-state index in [1.54, 1.807) is 0 Å². The number of hydrogen-bond acceptors (Lipinski definition) is 2. The van der Waals surface area contributed by atoms with Crippen LogP contribution in [0.25, 0.3) is 0 Å². The first kappa shape index (κ1) is 15.7. The minimum atomic E-state index is 0.0380. The number of nitrogens with two attached hydrogens (primary N) is 1. The zero-order valence-electron chi connectivity index (χ0n) is 12.9. The van der Waals surface area contributed by atoms with Crippen LogP contribution in [0.5, 0.6) is 0 Å². The molecule has 0 spiro atoms. The van der Waals surface area contributed by atoms with E-state index in [2.05, 4.69) is 30.9 Å². The molecule has 2 rings (SSSR count). The second kappa shape index (κ2) is 6.82. The van der Waals surface area contributed by atoms with Crippen molar-refractivity contribution < 1.29 is 0 Å². The molecule has 0 radical (unpaired) electrons. The average molecular weight is 295 g/mol. The van der Waals surface area contributed by atoms with Crippen LogP contribution in [0.1, 0.15) is 51.6 Å². The van der Waals surface area contributed by atoms with Crippen LogP contribution in [0.3, 0.4) is 0 Å². The molecule has 1 aliphatic rings. The standard InChI is InChI=1S/C17H27ClN2/c1-12(2)14-5-4-9-20(10-8-14)17-7-6-15(13(3)19)11-16(17)18/h6-7,11-14H,4-5,8-10,19H2,1-3H3. The lowest BCUT2D eigenvalue weighted by Crippen LogP contribution is -2.25. The topological polar surface area (TPSA) is 29.3 Å². The highest BCUT2D eigenvalue weighted by molar-refractivity contribution is 6.33. The summed E-state index contributed by atoms with van der Waals surface area (Å²) >= 11 is 6.46. The summed E-state index contributed by atoms with van der Waals surface area (Å²) in [4.78, 5) is 2.44. The Bertz CT molecular complexity index is 443. The van der Waals surface area contributed by atoms with E-state index in [-0.39, 0.29) is 6.04 Å². The van der Waals surface area contributed by atoms with Crippen molar-refractivity contribution >= 4 is 17.3 Å². The van der Waals surface area contributed by atoms with E-state index in [1.165, 1.54) is 24.9 Å². The zero-order chi connectivity index (χ0) is 14.7. The second-order valence-corrected chi connectivity index (χ2v) is 6.83. The minimum Gasteiger partial charge on any atom is -0.370 e. The Morgan fingerprint density at radius 3 is 2.55 bits per heavy atom. The molecule has 20 heavy (non-hydrogen) atoms. The number of nitrogens with zero attached hydrogens (tertiary/aromatic N) is 1. The molecule has 1 fully saturated rings. The van der Waals surface area contributed by atoms with E-state index < -0.39 is 0 Å². The Kier molecular flexibility index (Phi) is 5.34. The van der Waals surface area contributed by atoms with Gasteiger partial charge in [0.15, 0.2) is 0 Å². The maximum absolute atomic E-state index is 6.46. The molecule has 2 N–H and O–H groups in total. The number of benzene rings is 1. The molecule has 0 amide bonds. The lowest BCUT2D eigenvalue weighted by molar-refractivity contribution is 0.351. The van der Waals surface area contributed by atoms with Gasteiger partial charge in [-0.25, -0.2) is 0 Å². The smallest absolute Gasteiger partial charge is 0.0642 e. The van der Waals surface area contributed by atoms with Crippen LogP contribution in [-0.2, 0) is 0 Å². The van der Waals surface area contributed by atoms with Crippen LogP contribution < -0.4 is 10.6 Å². The molecule has 3 heteroatoms. The first-order valence-corrected chi connectivity index (χ1v) is 8.16. The van der Waals surface area contributed by atoms with Crippen molar-refractivity contribution in [1.82, 2.24) is 0 Å². The van der Waals surface area contributed by atoms with E-state index >= 15 is 0 Å². The first-order chi connectivity index (χ1) is 9.49. The molecule has 1 aliphatic heterocycles. The Morgan fingerprint density at radius 1 is 1.20 bits per heavy atom. The van der Waals surface area contributed by atoms with Gasteiger partial charge < -0.3 is 10.6 Å². The van der Waals surface area contributed by atoms with Gasteiger partial charge in [0.05, 0.1) is 10.7 Å². The van der Waals surface area contributed by atoms with Crippen LogP contribution >= 0.6 is 11.6 Å². The van der Waals surface area contributed by atoms with Crippen molar-refractivity contribution in [2.24, 2.45) is 17.6 Å². The molecule has 2 atom stereocenters. The molecule has 0 saturated carbocycles. The fraction of sp³-hybridized carbons (Fsp3) is 0.647. The SMILES string of the molecule is CC(N)c1ccc(N2CCCC(C(C)C)CC2)c(Cl)c1. The fourth-order valence-corrected chi connectivity index (χ4v) is 3.40. The largest absolute Gasteiger partial charge is 0.370 e. The van der Waals surface area contributed by atoms with Gasteiger partial charge in [-0.15, -0.1) is 0 Å². The van der Waals surface area contributed by atoms with Gasteiger partial charge in [-0.2, -0.15) is 0 Å². The molecule has 0 aromatic heterocycles. The molecule has 2 nitrogen and oxygen atoms in total. The van der Waals surface area contributed by atoms with E-state index in [4.69, 9.17) is 17.3 Å². The van der Waals surface area contributed by atoms with Crippen LogP contribution in [0.15, 0.2) is 18.2 Å². The normalized spacial score (nSPS) is 21.9. The number of anilines is 1. The highest BCUT2D eigenvalue weighted by Crippen LogP contribution is 2.32. The molecular formula is C17H27ClN2. The van der Waals surface area contributed by atoms with Gasteiger partial charge in [0.25, 0.3) is 0 Å². The number of hydrogen-bond donors (Lipinski definition) is 1. The van der Waals surface area contributed by atoms with Gasteiger partial charge in [-0.1, -0.05) is 31.5 Å². The summed E-state index contributed by atoms with van der Waals surface area (Å²) in [5, 5.41) is 0.836. The molecule has 0 bridgehead atoms. The average Bonchev–Trinajstić information content (AvgIpc) is 2.64. The molecular weight excluding hydrogens is 268 g/mol. The summed E-state index contributed by atoms with van der Waals surface area (Å²) in [5.74, 6) is 1.63. The third-order valence-corrected chi connectivity index (χ3v) is 4.86. The van der Waals surface area contributed by atoms with Gasteiger partial charge in [0.2, 0.25) is 0 Å². The van der Waals surface area contributed by atoms with Crippen LogP contribution in [-0.4, -0.2) is 13.1 Å². The monoisotopic (exact) mass is 294 g/mol. The number of rotatable bonds is 3. The molecule has 1 aromatic carbocycles. The summed E-state index contributed by atoms with van der Waals surface area (Å²) in [5.41, 5.74) is 8.19. The predicted molar refractivity (Wildman–Crippen MR) is 88.4 cm³/mol. The van der Waals surface area contributed by atoms with Crippen molar-refractivity contribution in [2.75, 3.05) is 18.0 Å². The van der Waals surface area contributed by atoms with Gasteiger partial charge in [0.1, 0.15) is 0 Å².